The van der Waals surface area contributed by atoms with Crippen LogP contribution < -0.4 is 0 Å². The van der Waals surface area contributed by atoms with Gasteiger partial charge in [-0.2, -0.15) is 0 Å². The summed E-state index contributed by atoms with van der Waals surface area (Å²) in [6.45, 7) is 5.01. The molecule has 0 unspecified atom stereocenters. The molecule has 1 aromatic heterocycles. The molecule has 0 bridgehead atoms. The summed E-state index contributed by atoms with van der Waals surface area (Å²) < 4.78 is 5.10. The van der Waals surface area contributed by atoms with Crippen LogP contribution in [0.25, 0.3) is 0 Å². The van der Waals surface area contributed by atoms with Gasteiger partial charge in [-0.3, -0.25) is 9.69 Å². The lowest BCUT2D eigenvalue weighted by atomic mass is 10.2. The number of hydrogen-bond donors (Lipinski definition) is 0. The van der Waals surface area contributed by atoms with Crippen LogP contribution in [-0.2, 0) is 11.3 Å². The van der Waals surface area contributed by atoms with Gasteiger partial charge in [0.2, 0.25) is 0 Å². The van der Waals surface area contributed by atoms with Crippen molar-refractivity contribution in [3.63, 3.8) is 0 Å². The van der Waals surface area contributed by atoms with Crippen LogP contribution in [0.4, 0.5) is 4.79 Å². The highest BCUT2D eigenvalue weighted by atomic mass is 16.3. The third kappa shape index (κ3) is 2.42. The van der Waals surface area contributed by atoms with Gasteiger partial charge in [0.15, 0.2) is 5.89 Å². The Hall–Kier alpha value is -1.85. The number of carbonyl (C=O) groups excluding carboxylic acids is 2. The van der Waals surface area contributed by atoms with E-state index in [2.05, 4.69) is 11.9 Å². The first-order valence-electron chi connectivity index (χ1n) is 7.08. The molecule has 3 amide bonds. The Kier molecular flexibility index (Phi) is 3.23. The lowest BCUT2D eigenvalue weighted by Gasteiger charge is -2.16. The van der Waals surface area contributed by atoms with Gasteiger partial charge in [0, 0.05) is 13.5 Å². The van der Waals surface area contributed by atoms with Crippen LogP contribution in [0.2, 0.25) is 0 Å². The second-order valence-electron chi connectivity index (χ2n) is 5.66. The number of nitrogens with zero attached hydrogens (tertiary/aromatic N) is 3. The molecule has 0 N–H and O–H groups in total. The average Bonchev–Trinajstić information content (AvgIpc) is 2.97. The van der Waals surface area contributed by atoms with E-state index in [0.717, 1.165) is 12.3 Å². The van der Waals surface area contributed by atoms with Gasteiger partial charge >= 0.3 is 6.03 Å². The lowest BCUT2D eigenvalue weighted by molar-refractivity contribution is -0.125. The molecule has 3 rings (SSSR count). The SMILES string of the molecule is CC[C@@H]1C[C@H]1CN1CC(=O)N(Cc2coc(C)n2)C1=O. The monoisotopic (exact) mass is 277 g/mol. The standard InChI is InChI=1S/C14H19N3O3/c1-3-10-4-11(10)5-16-7-13(18)17(14(16)19)6-12-8-20-9(2)15-12/h8,10-11H,3-7H2,1-2H3/t10-,11+/m1/s1. The highest BCUT2D eigenvalue weighted by molar-refractivity contribution is 6.01. The zero-order valence-electron chi connectivity index (χ0n) is 11.8. The molecule has 20 heavy (non-hydrogen) atoms. The zero-order valence-corrected chi connectivity index (χ0v) is 11.8. The summed E-state index contributed by atoms with van der Waals surface area (Å²) in [5, 5.41) is 0. The van der Waals surface area contributed by atoms with Gasteiger partial charge in [0.1, 0.15) is 12.8 Å². The number of imide groups is 1. The molecular formula is C14H19N3O3. The first kappa shape index (κ1) is 13.1. The third-order valence-corrected chi connectivity index (χ3v) is 4.16. The van der Waals surface area contributed by atoms with E-state index in [9.17, 15) is 9.59 Å². The van der Waals surface area contributed by atoms with Gasteiger partial charge in [-0.15, -0.1) is 0 Å². The van der Waals surface area contributed by atoms with Crippen molar-refractivity contribution >= 4 is 11.9 Å². The summed E-state index contributed by atoms with van der Waals surface area (Å²) in [5.41, 5.74) is 0.615. The zero-order chi connectivity index (χ0) is 14.3. The largest absolute Gasteiger partial charge is 0.449 e. The minimum Gasteiger partial charge on any atom is -0.449 e. The molecule has 6 nitrogen and oxygen atoms in total. The maximum Gasteiger partial charge on any atom is 0.327 e. The molecule has 2 atom stereocenters. The number of rotatable bonds is 5. The van der Waals surface area contributed by atoms with E-state index in [0.29, 0.717) is 24.0 Å². The first-order valence-corrected chi connectivity index (χ1v) is 7.08. The topological polar surface area (TPSA) is 66.7 Å². The second kappa shape index (κ2) is 4.92. The molecule has 0 spiro atoms. The molecule has 2 aliphatic rings. The van der Waals surface area contributed by atoms with Gasteiger partial charge in [0.25, 0.3) is 5.91 Å². The molecule has 0 aromatic carbocycles. The number of urea groups is 1. The van der Waals surface area contributed by atoms with E-state index in [1.54, 1.807) is 11.8 Å². The van der Waals surface area contributed by atoms with Crippen molar-refractivity contribution in [1.82, 2.24) is 14.8 Å². The van der Waals surface area contributed by atoms with Crippen LogP contribution in [0, 0.1) is 18.8 Å². The quantitative estimate of drug-likeness (QED) is 0.770. The van der Waals surface area contributed by atoms with E-state index in [1.165, 1.54) is 17.6 Å². The molecule has 2 heterocycles. The normalized spacial score (nSPS) is 25.7. The Morgan fingerprint density at radius 1 is 1.40 bits per heavy atom. The van der Waals surface area contributed by atoms with Crippen molar-refractivity contribution in [2.45, 2.75) is 33.2 Å². The number of aromatic nitrogens is 1. The summed E-state index contributed by atoms with van der Waals surface area (Å²) >= 11 is 0. The molecule has 1 aliphatic heterocycles. The van der Waals surface area contributed by atoms with Crippen LogP contribution in [0.1, 0.15) is 31.4 Å². The number of carbonyl (C=O) groups is 2. The van der Waals surface area contributed by atoms with E-state index in [4.69, 9.17) is 4.42 Å². The smallest absolute Gasteiger partial charge is 0.327 e. The van der Waals surface area contributed by atoms with Crippen molar-refractivity contribution in [2.75, 3.05) is 13.1 Å². The molecule has 6 heteroatoms. The summed E-state index contributed by atoms with van der Waals surface area (Å²) in [6.07, 6.45) is 3.83. The average molecular weight is 277 g/mol. The minimum absolute atomic E-state index is 0.149. The minimum atomic E-state index is -0.197. The predicted molar refractivity (Wildman–Crippen MR) is 70.6 cm³/mol. The van der Waals surface area contributed by atoms with Crippen molar-refractivity contribution in [3.05, 3.63) is 17.8 Å². The summed E-state index contributed by atoms with van der Waals surface area (Å²) in [7, 11) is 0. The highest BCUT2D eigenvalue weighted by Crippen LogP contribution is 2.41. The number of aryl methyl sites for hydroxylation is 1. The van der Waals surface area contributed by atoms with Gasteiger partial charge in [0.05, 0.1) is 12.2 Å². The van der Waals surface area contributed by atoms with E-state index in [1.807, 2.05) is 0 Å². The van der Waals surface area contributed by atoms with Crippen LogP contribution in [0.3, 0.4) is 0 Å². The maximum atomic E-state index is 12.3. The van der Waals surface area contributed by atoms with E-state index >= 15 is 0 Å². The molecule has 1 aromatic rings. The number of hydrogen-bond acceptors (Lipinski definition) is 4. The molecule has 108 valence electrons. The fourth-order valence-corrected chi connectivity index (χ4v) is 2.85. The molecule has 0 radical (unpaired) electrons. The lowest BCUT2D eigenvalue weighted by Crippen LogP contribution is -2.33. The van der Waals surface area contributed by atoms with Crippen molar-refractivity contribution in [1.29, 1.82) is 0 Å². The molecule has 1 saturated heterocycles. The third-order valence-electron chi connectivity index (χ3n) is 4.16. The van der Waals surface area contributed by atoms with Gasteiger partial charge in [-0.05, 0) is 18.3 Å². The molecule has 1 aliphatic carbocycles. The van der Waals surface area contributed by atoms with Gasteiger partial charge < -0.3 is 9.32 Å². The fourth-order valence-electron chi connectivity index (χ4n) is 2.85. The van der Waals surface area contributed by atoms with Gasteiger partial charge in [-0.25, -0.2) is 9.78 Å². The van der Waals surface area contributed by atoms with Gasteiger partial charge in [-0.1, -0.05) is 13.3 Å². The molecule has 1 saturated carbocycles. The second-order valence-corrected chi connectivity index (χ2v) is 5.66. The Bertz CT molecular complexity index is 540. The van der Waals surface area contributed by atoms with Crippen molar-refractivity contribution < 1.29 is 14.0 Å². The van der Waals surface area contributed by atoms with Crippen LogP contribution in [-0.4, -0.2) is 39.8 Å². The Balaban J connectivity index is 1.61. The summed E-state index contributed by atoms with van der Waals surface area (Å²) in [6, 6.07) is -0.197. The number of oxazole rings is 1. The molecule has 2 fully saturated rings. The van der Waals surface area contributed by atoms with E-state index < -0.39 is 0 Å². The van der Waals surface area contributed by atoms with Crippen LogP contribution >= 0.6 is 0 Å². The van der Waals surface area contributed by atoms with Crippen molar-refractivity contribution in [2.24, 2.45) is 11.8 Å². The van der Waals surface area contributed by atoms with Crippen LogP contribution in [0.15, 0.2) is 10.7 Å². The number of amides is 3. The van der Waals surface area contributed by atoms with E-state index in [-0.39, 0.29) is 25.0 Å². The first-order chi connectivity index (χ1) is 9.58. The summed E-state index contributed by atoms with van der Waals surface area (Å²) in [5.74, 6) is 1.69. The highest BCUT2D eigenvalue weighted by Gasteiger charge is 2.42. The Morgan fingerprint density at radius 3 is 2.80 bits per heavy atom. The van der Waals surface area contributed by atoms with Crippen LogP contribution in [0.5, 0.6) is 0 Å². The predicted octanol–water partition coefficient (Wildman–Crippen LogP) is 1.79. The Labute approximate surface area is 117 Å². The molecular weight excluding hydrogens is 258 g/mol. The maximum absolute atomic E-state index is 12.3. The van der Waals surface area contributed by atoms with Crippen molar-refractivity contribution in [3.8, 4) is 0 Å². The Morgan fingerprint density at radius 2 is 2.20 bits per heavy atom. The summed E-state index contributed by atoms with van der Waals surface area (Å²) in [4.78, 5) is 31.3. The fraction of sp³-hybridized carbons (Fsp3) is 0.643.